The summed E-state index contributed by atoms with van der Waals surface area (Å²) >= 11 is 0. The molecule has 0 spiro atoms. The van der Waals surface area contributed by atoms with Crippen LogP contribution in [0.25, 0.3) is 0 Å². The van der Waals surface area contributed by atoms with Crippen LogP contribution in [0.15, 0.2) is 0 Å². The maximum absolute atomic E-state index is 10.4. The average Bonchev–Trinajstić information content (AvgIpc) is 1.67. The largest absolute Gasteiger partial charge is 0.291 e. The zero-order chi connectivity index (χ0) is 6.57. The van der Waals surface area contributed by atoms with Crippen molar-refractivity contribution < 1.29 is 9.59 Å². The van der Waals surface area contributed by atoms with Crippen molar-refractivity contribution in [3.05, 3.63) is 0 Å². The van der Waals surface area contributed by atoms with Gasteiger partial charge in [-0.05, 0) is 0 Å². The summed E-state index contributed by atoms with van der Waals surface area (Å²) in [4.78, 5) is 20.6. The molecule has 8 heavy (non-hydrogen) atoms. The molecule has 46 valence electrons. The van der Waals surface area contributed by atoms with Crippen molar-refractivity contribution in [1.29, 1.82) is 0 Å². The highest BCUT2D eigenvalue weighted by Gasteiger charge is 2.03. The fourth-order valence-electron chi connectivity index (χ4n) is 0.217. The quantitative estimate of drug-likeness (QED) is 0.436. The van der Waals surface area contributed by atoms with E-state index in [4.69, 9.17) is 0 Å². The summed E-state index contributed by atoms with van der Waals surface area (Å²) in [5.41, 5.74) is 0. The van der Waals surface area contributed by atoms with Gasteiger partial charge < -0.3 is 0 Å². The monoisotopic (exact) mass is 150 g/mol. The topological polar surface area (TPSA) is 34.1 Å². The summed E-state index contributed by atoms with van der Waals surface area (Å²) in [6.07, 6.45) is 0.389. The first-order valence-corrected chi connectivity index (χ1v) is 5.17. The van der Waals surface area contributed by atoms with Crippen LogP contribution in [0.1, 0.15) is 6.92 Å². The maximum atomic E-state index is 10.4. The third kappa shape index (κ3) is 3.23. The minimum absolute atomic E-state index is 0.265. The van der Waals surface area contributed by atoms with E-state index in [1.165, 1.54) is 6.92 Å². The molecule has 0 aliphatic carbocycles. The predicted molar refractivity (Wildman–Crippen MR) is 38.6 cm³/mol. The van der Waals surface area contributed by atoms with Crippen molar-refractivity contribution in [3.63, 3.8) is 0 Å². The van der Waals surface area contributed by atoms with E-state index in [1.807, 2.05) is 0 Å². The SMILES string of the molecule is CC(=O)C(=O)CPP. The van der Waals surface area contributed by atoms with Gasteiger partial charge in [0.2, 0.25) is 5.78 Å². The number of carbonyl (C=O) groups is 2. The van der Waals surface area contributed by atoms with Gasteiger partial charge in [0, 0.05) is 13.1 Å². The Morgan fingerprint density at radius 3 is 2.25 bits per heavy atom. The molecule has 0 heterocycles. The molecule has 2 atom stereocenters. The molecule has 0 bridgehead atoms. The Morgan fingerprint density at radius 2 is 2.12 bits per heavy atom. The van der Waals surface area contributed by atoms with Crippen LogP contribution in [0.3, 0.4) is 0 Å². The lowest BCUT2D eigenvalue weighted by molar-refractivity contribution is -0.133. The van der Waals surface area contributed by atoms with Crippen LogP contribution in [0.5, 0.6) is 0 Å². The number of carbonyl (C=O) groups excluding carboxylic acids is 2. The summed E-state index contributed by atoms with van der Waals surface area (Å²) in [7, 11) is 2.90. The second kappa shape index (κ2) is 4.12. The molecule has 2 nitrogen and oxygen atoms in total. The van der Waals surface area contributed by atoms with E-state index in [2.05, 4.69) is 8.93 Å². The fraction of sp³-hybridized carbons (Fsp3) is 0.500. The van der Waals surface area contributed by atoms with E-state index in [0.717, 1.165) is 0 Å². The molecule has 0 aliphatic rings. The van der Waals surface area contributed by atoms with Crippen molar-refractivity contribution in [3.8, 4) is 0 Å². The first kappa shape index (κ1) is 8.20. The summed E-state index contributed by atoms with van der Waals surface area (Å²) < 4.78 is 0. The summed E-state index contributed by atoms with van der Waals surface area (Å²) in [5, 5.41) is 0. The van der Waals surface area contributed by atoms with Crippen molar-refractivity contribution in [1.82, 2.24) is 0 Å². The minimum Gasteiger partial charge on any atom is -0.291 e. The Bertz CT molecular complexity index is 111. The van der Waals surface area contributed by atoms with Gasteiger partial charge >= 0.3 is 0 Å². The van der Waals surface area contributed by atoms with Gasteiger partial charge in [0.05, 0.1) is 0 Å². The molecular weight excluding hydrogens is 142 g/mol. The molecule has 0 N–H and O–H groups in total. The molecule has 2 unspecified atom stereocenters. The highest BCUT2D eigenvalue weighted by atomic mass is 32.0. The van der Waals surface area contributed by atoms with Gasteiger partial charge in [-0.3, -0.25) is 9.59 Å². The van der Waals surface area contributed by atoms with Gasteiger partial charge in [0.25, 0.3) is 0 Å². The summed E-state index contributed by atoms with van der Waals surface area (Å²) in [6, 6.07) is 0. The van der Waals surface area contributed by atoms with E-state index in [-0.39, 0.29) is 11.6 Å². The molecule has 0 aromatic rings. The van der Waals surface area contributed by atoms with E-state index in [0.29, 0.717) is 14.4 Å². The molecule has 0 saturated heterocycles. The Kier molecular flexibility index (Phi) is 4.22. The Morgan fingerprint density at radius 1 is 1.62 bits per heavy atom. The highest BCUT2D eigenvalue weighted by molar-refractivity contribution is 8.03. The van der Waals surface area contributed by atoms with E-state index >= 15 is 0 Å². The second-order valence-electron chi connectivity index (χ2n) is 1.36. The molecule has 0 fully saturated rings. The third-order valence-electron chi connectivity index (χ3n) is 0.655. The molecule has 0 amide bonds. The standard InChI is InChI=1S/C4H8O2P2/c1-3(5)4(6)2-8-7/h8H,2,7H2,1H3. The van der Waals surface area contributed by atoms with Gasteiger partial charge in [-0.25, -0.2) is 0 Å². The number of hydrogen-bond donors (Lipinski definition) is 0. The van der Waals surface area contributed by atoms with Gasteiger partial charge in [-0.15, -0.1) is 8.93 Å². The lowest BCUT2D eigenvalue weighted by Gasteiger charge is -1.87. The molecular formula is C4H8O2P2. The third-order valence-corrected chi connectivity index (χ3v) is 1.79. The molecule has 4 heteroatoms. The lowest BCUT2D eigenvalue weighted by Crippen LogP contribution is -2.09. The number of Topliss-reactive ketones (excluding diaryl/α,β-unsaturated/α-hetero) is 2. The minimum atomic E-state index is -0.333. The normalized spacial score (nSPS) is 10.2. The van der Waals surface area contributed by atoms with Gasteiger partial charge in [0.1, 0.15) is 0 Å². The van der Waals surface area contributed by atoms with Crippen LogP contribution in [-0.4, -0.2) is 17.7 Å². The highest BCUT2D eigenvalue weighted by Crippen LogP contribution is 2.18. The van der Waals surface area contributed by atoms with Crippen molar-refractivity contribution in [2.45, 2.75) is 6.92 Å². The van der Waals surface area contributed by atoms with Crippen molar-refractivity contribution in [2.75, 3.05) is 6.16 Å². The van der Waals surface area contributed by atoms with Crippen molar-refractivity contribution >= 4 is 28.8 Å². The maximum Gasteiger partial charge on any atom is 0.202 e. The first-order valence-electron chi connectivity index (χ1n) is 2.15. The van der Waals surface area contributed by atoms with Crippen LogP contribution in [0, 0.1) is 0 Å². The molecule has 0 rings (SSSR count). The second-order valence-corrected chi connectivity index (χ2v) is 3.35. The molecule has 0 aromatic heterocycles. The number of ketones is 2. The van der Waals surface area contributed by atoms with Crippen LogP contribution in [0.2, 0.25) is 0 Å². The van der Waals surface area contributed by atoms with Crippen LogP contribution in [-0.2, 0) is 9.59 Å². The van der Waals surface area contributed by atoms with Gasteiger partial charge in [-0.2, -0.15) is 0 Å². The predicted octanol–water partition coefficient (Wildman–Crippen LogP) is 0.613. The van der Waals surface area contributed by atoms with E-state index in [9.17, 15) is 9.59 Å². The number of hydrogen-bond acceptors (Lipinski definition) is 2. The molecule has 0 radical (unpaired) electrons. The molecule has 0 saturated carbocycles. The zero-order valence-corrected chi connectivity index (χ0v) is 6.76. The van der Waals surface area contributed by atoms with E-state index in [1.54, 1.807) is 0 Å². The van der Waals surface area contributed by atoms with Gasteiger partial charge in [-0.1, -0.05) is 8.27 Å². The Hall–Kier alpha value is 0.200. The van der Waals surface area contributed by atoms with Crippen LogP contribution >= 0.6 is 17.2 Å². The summed E-state index contributed by atoms with van der Waals surface area (Å²) in [6.45, 7) is 1.30. The van der Waals surface area contributed by atoms with Crippen LogP contribution in [0.4, 0.5) is 0 Å². The zero-order valence-electron chi connectivity index (χ0n) is 4.60. The lowest BCUT2D eigenvalue weighted by atomic mass is 10.3. The summed E-state index contributed by atoms with van der Waals surface area (Å²) in [5.74, 6) is -0.599. The first-order chi connectivity index (χ1) is 3.68. The number of rotatable bonds is 3. The Balaban J connectivity index is 3.49. The fourth-order valence-corrected chi connectivity index (χ4v) is 1.21. The molecule has 0 aliphatic heterocycles. The average molecular weight is 150 g/mol. The van der Waals surface area contributed by atoms with Gasteiger partial charge in [0.15, 0.2) is 5.78 Å². The van der Waals surface area contributed by atoms with Crippen LogP contribution < -0.4 is 0 Å². The van der Waals surface area contributed by atoms with Crippen molar-refractivity contribution in [2.24, 2.45) is 0 Å². The Labute approximate surface area is 52.3 Å². The van der Waals surface area contributed by atoms with E-state index < -0.39 is 0 Å². The molecule has 0 aromatic carbocycles. The smallest absolute Gasteiger partial charge is 0.202 e.